The standard InChI is InChI=1S/C28H38N2O8/c1-15-10-19-13-20(31)14-21(25(19)33)30-27(34)16(2)8-7-9-22(36-5)26(38-28(29)35)18(4)12-17(3)24(32)23(11-15)37-6/h7-9,12-15,17,22-24,26,32H,10-11H2,1-6H3,(H2,29,35)(H,30,34)/b9-7+,16-8-,18-12+/t15-,17+,22+,23+,24-,26+/m1/s1. The van der Waals surface area contributed by atoms with Gasteiger partial charge in [0.1, 0.15) is 6.10 Å². The summed E-state index contributed by atoms with van der Waals surface area (Å²) in [5, 5.41) is 13.6. The number of nitrogens with two attached hydrogens (primary N) is 1. The molecule has 0 spiro atoms. The molecule has 10 nitrogen and oxygen atoms in total. The molecule has 0 aromatic heterocycles. The smallest absolute Gasteiger partial charge is 0.405 e. The number of aliphatic hydroxyl groups is 1. The van der Waals surface area contributed by atoms with E-state index in [1.165, 1.54) is 26.4 Å². The van der Waals surface area contributed by atoms with E-state index < -0.39 is 53.9 Å². The van der Waals surface area contributed by atoms with Crippen molar-refractivity contribution in [3.05, 3.63) is 58.9 Å². The van der Waals surface area contributed by atoms with Gasteiger partial charge >= 0.3 is 6.09 Å². The maximum atomic E-state index is 13.0. The maximum Gasteiger partial charge on any atom is 0.405 e. The van der Waals surface area contributed by atoms with E-state index in [4.69, 9.17) is 19.9 Å². The minimum Gasteiger partial charge on any atom is -0.439 e. The summed E-state index contributed by atoms with van der Waals surface area (Å²) in [5.41, 5.74) is 6.35. The van der Waals surface area contributed by atoms with Gasteiger partial charge in [-0.3, -0.25) is 14.4 Å². The molecule has 1 aliphatic heterocycles. The first-order chi connectivity index (χ1) is 17.9. The molecule has 208 valence electrons. The summed E-state index contributed by atoms with van der Waals surface area (Å²) < 4.78 is 16.4. The van der Waals surface area contributed by atoms with E-state index in [1.807, 2.05) is 6.92 Å². The van der Waals surface area contributed by atoms with E-state index in [1.54, 1.807) is 39.0 Å². The van der Waals surface area contributed by atoms with Crippen molar-refractivity contribution >= 4 is 23.6 Å². The van der Waals surface area contributed by atoms with Gasteiger partial charge in [0, 0.05) is 37.4 Å². The molecule has 1 aliphatic carbocycles. The van der Waals surface area contributed by atoms with E-state index in [9.17, 15) is 24.3 Å². The first-order valence-electron chi connectivity index (χ1n) is 12.4. The molecule has 0 fully saturated rings. The van der Waals surface area contributed by atoms with Crippen LogP contribution in [-0.4, -0.2) is 67.3 Å². The first-order valence-corrected chi connectivity index (χ1v) is 12.4. The van der Waals surface area contributed by atoms with Crippen LogP contribution >= 0.6 is 0 Å². The molecule has 0 aromatic rings. The van der Waals surface area contributed by atoms with E-state index in [0.717, 1.165) is 6.08 Å². The number of ether oxygens (including phenoxy) is 3. The number of carbonyl (C=O) groups excluding carboxylic acids is 4. The van der Waals surface area contributed by atoms with Gasteiger partial charge in [-0.2, -0.15) is 0 Å². The first kappa shape index (κ1) is 30.9. The van der Waals surface area contributed by atoms with Crippen LogP contribution in [0.1, 0.15) is 40.5 Å². The van der Waals surface area contributed by atoms with Gasteiger partial charge in [-0.25, -0.2) is 4.79 Å². The molecule has 38 heavy (non-hydrogen) atoms. The van der Waals surface area contributed by atoms with Crippen LogP contribution in [-0.2, 0) is 28.6 Å². The fourth-order valence-electron chi connectivity index (χ4n) is 4.53. The molecular formula is C28H38N2O8. The lowest BCUT2D eigenvalue weighted by Crippen LogP contribution is -2.37. The summed E-state index contributed by atoms with van der Waals surface area (Å²) in [6, 6.07) is 0. The summed E-state index contributed by atoms with van der Waals surface area (Å²) in [5.74, 6) is -1.93. The average Bonchev–Trinajstić information content (AvgIpc) is 2.85. The van der Waals surface area contributed by atoms with Gasteiger partial charge in [-0.05, 0) is 44.3 Å². The molecule has 1 heterocycles. The van der Waals surface area contributed by atoms with E-state index in [0.29, 0.717) is 12.0 Å². The highest BCUT2D eigenvalue weighted by molar-refractivity contribution is 6.21. The summed E-state index contributed by atoms with van der Waals surface area (Å²) in [7, 11) is 2.92. The number of ketones is 2. The molecule has 10 heteroatoms. The number of hydrogen-bond donors (Lipinski definition) is 3. The number of aliphatic hydroxyl groups excluding tert-OH is 1. The number of nitrogens with one attached hydrogen (secondary N) is 1. The minimum atomic E-state index is -0.993. The van der Waals surface area contributed by atoms with Crippen LogP contribution in [0.4, 0.5) is 4.79 Å². The van der Waals surface area contributed by atoms with E-state index in [2.05, 4.69) is 5.32 Å². The average molecular weight is 531 g/mol. The third-order valence-electron chi connectivity index (χ3n) is 6.61. The van der Waals surface area contributed by atoms with Gasteiger partial charge in [0.2, 0.25) is 5.78 Å². The Morgan fingerprint density at radius 2 is 1.79 bits per heavy atom. The number of amides is 2. The number of primary amides is 1. The molecular weight excluding hydrogens is 492 g/mol. The lowest BCUT2D eigenvalue weighted by atomic mass is 9.86. The second-order valence-electron chi connectivity index (χ2n) is 9.79. The number of carbonyl (C=O) groups is 4. The van der Waals surface area contributed by atoms with Crippen LogP contribution in [0.15, 0.2) is 58.9 Å². The minimum absolute atomic E-state index is 0.0965. The molecule has 6 atom stereocenters. The van der Waals surface area contributed by atoms with Gasteiger partial charge in [0.25, 0.3) is 5.91 Å². The van der Waals surface area contributed by atoms with Gasteiger partial charge in [0.15, 0.2) is 11.9 Å². The Hall–Kier alpha value is -3.34. The van der Waals surface area contributed by atoms with Gasteiger partial charge in [0.05, 0.1) is 17.9 Å². The lowest BCUT2D eigenvalue weighted by Gasteiger charge is -2.29. The van der Waals surface area contributed by atoms with Crippen LogP contribution in [0.2, 0.25) is 0 Å². The molecule has 0 radical (unpaired) electrons. The van der Waals surface area contributed by atoms with Crippen molar-refractivity contribution in [1.29, 1.82) is 0 Å². The van der Waals surface area contributed by atoms with Crippen LogP contribution in [0.3, 0.4) is 0 Å². The highest BCUT2D eigenvalue weighted by Gasteiger charge is 2.31. The van der Waals surface area contributed by atoms with Crippen molar-refractivity contribution in [2.24, 2.45) is 17.6 Å². The summed E-state index contributed by atoms with van der Waals surface area (Å²) in [4.78, 5) is 49.7. The third-order valence-corrected chi connectivity index (χ3v) is 6.61. The Morgan fingerprint density at radius 1 is 1.11 bits per heavy atom. The molecule has 2 bridgehead atoms. The molecule has 0 aromatic carbocycles. The van der Waals surface area contributed by atoms with Gasteiger partial charge in [-0.1, -0.05) is 38.2 Å². The zero-order chi connectivity index (χ0) is 28.6. The number of methoxy groups -OCH3 is 2. The Labute approximate surface area is 223 Å². The monoisotopic (exact) mass is 530 g/mol. The van der Waals surface area contributed by atoms with Gasteiger partial charge in [-0.15, -0.1) is 0 Å². The Bertz CT molecular complexity index is 1080. The normalized spacial score (nSPS) is 33.6. The molecule has 2 aliphatic rings. The Kier molecular flexibility index (Phi) is 11.4. The second kappa shape index (κ2) is 14.0. The molecule has 0 saturated heterocycles. The number of fused-ring (bicyclic) bond motifs is 2. The molecule has 4 N–H and O–H groups in total. The zero-order valence-corrected chi connectivity index (χ0v) is 22.7. The summed E-state index contributed by atoms with van der Waals surface area (Å²) in [6.45, 7) is 6.98. The van der Waals surface area contributed by atoms with Crippen molar-refractivity contribution in [1.82, 2.24) is 5.32 Å². The predicted molar refractivity (Wildman–Crippen MR) is 141 cm³/mol. The Balaban J connectivity index is 2.53. The largest absolute Gasteiger partial charge is 0.439 e. The Morgan fingerprint density at radius 3 is 2.39 bits per heavy atom. The van der Waals surface area contributed by atoms with Crippen LogP contribution in [0.25, 0.3) is 0 Å². The van der Waals surface area contributed by atoms with E-state index in [-0.39, 0.29) is 29.2 Å². The number of allylic oxidation sites excluding steroid dienone is 5. The number of hydrogen-bond acceptors (Lipinski definition) is 8. The van der Waals surface area contributed by atoms with Crippen molar-refractivity contribution in [3.8, 4) is 0 Å². The zero-order valence-electron chi connectivity index (χ0n) is 22.7. The number of Topliss-reactive ketones (excluding diaryl/α,β-unsaturated/α-hetero) is 1. The number of rotatable bonds is 3. The second-order valence-corrected chi connectivity index (χ2v) is 9.79. The molecule has 2 rings (SSSR count). The van der Waals surface area contributed by atoms with Crippen molar-refractivity contribution in [3.63, 3.8) is 0 Å². The third kappa shape index (κ3) is 8.34. The summed E-state index contributed by atoms with van der Waals surface area (Å²) >= 11 is 0. The fraction of sp³-hybridized carbons (Fsp3) is 0.500. The van der Waals surface area contributed by atoms with Crippen LogP contribution in [0, 0.1) is 11.8 Å². The molecule has 2 amide bonds. The highest BCUT2D eigenvalue weighted by Crippen LogP contribution is 2.27. The van der Waals surface area contributed by atoms with Crippen LogP contribution in [0.5, 0.6) is 0 Å². The predicted octanol–water partition coefficient (Wildman–Crippen LogP) is 2.43. The topological polar surface area (TPSA) is 154 Å². The molecule has 0 saturated carbocycles. The highest BCUT2D eigenvalue weighted by atomic mass is 16.6. The maximum absolute atomic E-state index is 13.0. The van der Waals surface area contributed by atoms with Crippen molar-refractivity contribution in [2.75, 3.05) is 14.2 Å². The fourth-order valence-corrected chi connectivity index (χ4v) is 4.53. The van der Waals surface area contributed by atoms with Gasteiger partial charge < -0.3 is 30.4 Å². The quantitative estimate of drug-likeness (QED) is 0.371. The summed E-state index contributed by atoms with van der Waals surface area (Å²) in [6.07, 6.45) is 5.27. The molecule has 0 unspecified atom stereocenters. The van der Waals surface area contributed by atoms with Crippen molar-refractivity contribution < 1.29 is 38.5 Å². The van der Waals surface area contributed by atoms with E-state index >= 15 is 0 Å². The van der Waals surface area contributed by atoms with Crippen LogP contribution < -0.4 is 11.1 Å². The van der Waals surface area contributed by atoms with Crippen molar-refractivity contribution in [2.45, 2.75) is 65.0 Å². The lowest BCUT2D eigenvalue weighted by molar-refractivity contribution is -0.120. The SMILES string of the molecule is CO[C@H]1/C=C/C=C(/C)C(=O)NC2=CC(=O)C=C(C[C@@H](C)C[C@H](OC)[C@H](O)[C@@H](C)/C=C(\C)[C@@H]1OC(N)=O)C2=O.